The van der Waals surface area contributed by atoms with Crippen molar-refractivity contribution >= 4 is 27.6 Å². The molecular formula is C11H8BrN3O6. The summed E-state index contributed by atoms with van der Waals surface area (Å²) in [5, 5.41) is 26.6. The molecule has 1 heterocycles. The third kappa shape index (κ3) is 4.07. The van der Waals surface area contributed by atoms with Crippen molar-refractivity contribution in [1.29, 1.82) is 0 Å². The van der Waals surface area contributed by atoms with E-state index in [-0.39, 0.29) is 24.1 Å². The zero-order chi connectivity index (χ0) is 15.4. The van der Waals surface area contributed by atoms with Crippen molar-refractivity contribution in [3.63, 3.8) is 0 Å². The highest BCUT2D eigenvalue weighted by Gasteiger charge is 2.15. The Kier molecular flexibility index (Phi) is 4.60. The van der Waals surface area contributed by atoms with Crippen LogP contribution in [0.3, 0.4) is 0 Å². The fourth-order valence-corrected chi connectivity index (χ4v) is 1.94. The number of nitro groups is 1. The molecule has 1 N–H and O–H groups in total. The zero-order valence-electron chi connectivity index (χ0n) is 10.4. The maximum absolute atomic E-state index is 10.8. The number of carboxylic acids is 1. The van der Waals surface area contributed by atoms with Crippen LogP contribution in [0.25, 0.3) is 11.5 Å². The van der Waals surface area contributed by atoms with Crippen LogP contribution in [0.1, 0.15) is 5.89 Å². The van der Waals surface area contributed by atoms with Crippen LogP contribution >= 0.6 is 15.9 Å². The SMILES string of the molecule is O=C(O)COCc1nnc(-c2cc(Br)cc([N+](=O)[O-])c2)o1. The number of halogens is 1. The van der Waals surface area contributed by atoms with Crippen LogP contribution in [0, 0.1) is 10.1 Å². The number of aliphatic carboxylic acids is 1. The first kappa shape index (κ1) is 15.1. The van der Waals surface area contributed by atoms with E-state index in [0.717, 1.165) is 0 Å². The van der Waals surface area contributed by atoms with Gasteiger partial charge in [-0.1, -0.05) is 15.9 Å². The highest BCUT2D eigenvalue weighted by Crippen LogP contribution is 2.27. The number of ether oxygens (including phenoxy) is 1. The molecule has 2 aromatic rings. The van der Waals surface area contributed by atoms with Gasteiger partial charge in [0, 0.05) is 22.2 Å². The number of benzene rings is 1. The standard InChI is InChI=1S/C11H8BrN3O6/c12-7-1-6(2-8(3-7)15(18)19)11-14-13-9(21-11)4-20-5-10(16)17/h1-3H,4-5H2,(H,16,17). The molecule has 0 saturated carbocycles. The topological polar surface area (TPSA) is 129 Å². The molecule has 2 rings (SSSR count). The lowest BCUT2D eigenvalue weighted by molar-refractivity contribution is -0.384. The average Bonchev–Trinajstić information content (AvgIpc) is 2.86. The second kappa shape index (κ2) is 6.41. The van der Waals surface area contributed by atoms with E-state index in [1.54, 1.807) is 6.07 Å². The molecule has 1 aromatic carbocycles. The number of rotatable bonds is 6. The lowest BCUT2D eigenvalue weighted by atomic mass is 10.2. The van der Waals surface area contributed by atoms with Gasteiger partial charge in [0.2, 0.25) is 11.8 Å². The second-order valence-corrected chi connectivity index (χ2v) is 4.76. The van der Waals surface area contributed by atoms with Gasteiger partial charge >= 0.3 is 5.97 Å². The third-order valence-corrected chi connectivity index (χ3v) is 2.72. The Labute approximate surface area is 125 Å². The van der Waals surface area contributed by atoms with Crippen molar-refractivity contribution in [2.24, 2.45) is 0 Å². The van der Waals surface area contributed by atoms with Gasteiger partial charge in [-0.15, -0.1) is 10.2 Å². The van der Waals surface area contributed by atoms with E-state index in [2.05, 4.69) is 26.1 Å². The molecule has 0 radical (unpaired) electrons. The van der Waals surface area contributed by atoms with Gasteiger partial charge in [-0.25, -0.2) is 4.79 Å². The van der Waals surface area contributed by atoms with E-state index in [0.29, 0.717) is 10.0 Å². The Balaban J connectivity index is 2.17. The summed E-state index contributed by atoms with van der Waals surface area (Å²) in [5.41, 5.74) is 0.245. The summed E-state index contributed by atoms with van der Waals surface area (Å²) < 4.78 is 10.6. The van der Waals surface area contributed by atoms with Gasteiger partial charge in [0.1, 0.15) is 13.2 Å². The second-order valence-electron chi connectivity index (χ2n) is 3.84. The first-order valence-electron chi connectivity index (χ1n) is 5.53. The summed E-state index contributed by atoms with van der Waals surface area (Å²) in [4.78, 5) is 20.5. The Hall–Kier alpha value is -2.33. The van der Waals surface area contributed by atoms with E-state index in [1.165, 1.54) is 12.1 Å². The number of hydrogen-bond donors (Lipinski definition) is 1. The maximum Gasteiger partial charge on any atom is 0.329 e. The maximum atomic E-state index is 10.8. The van der Waals surface area contributed by atoms with E-state index < -0.39 is 17.5 Å². The summed E-state index contributed by atoms with van der Waals surface area (Å²) in [7, 11) is 0. The molecule has 0 saturated heterocycles. The molecule has 0 aliphatic rings. The number of non-ortho nitro benzene ring substituents is 1. The van der Waals surface area contributed by atoms with Crippen molar-refractivity contribution in [1.82, 2.24) is 10.2 Å². The molecule has 0 spiro atoms. The van der Waals surface area contributed by atoms with Gasteiger partial charge in [-0.3, -0.25) is 10.1 Å². The molecule has 0 bridgehead atoms. The number of hydrogen-bond acceptors (Lipinski definition) is 7. The Morgan fingerprint density at radius 1 is 1.43 bits per heavy atom. The molecule has 1 aromatic heterocycles. The lowest BCUT2D eigenvalue weighted by Crippen LogP contribution is -2.06. The number of carbonyl (C=O) groups is 1. The number of nitro benzene ring substituents is 1. The quantitative estimate of drug-likeness (QED) is 0.613. The van der Waals surface area contributed by atoms with Crippen LogP contribution in [-0.4, -0.2) is 32.8 Å². The predicted molar refractivity (Wildman–Crippen MR) is 71.4 cm³/mol. The van der Waals surface area contributed by atoms with Crippen LogP contribution < -0.4 is 0 Å². The largest absolute Gasteiger partial charge is 0.480 e. The highest BCUT2D eigenvalue weighted by atomic mass is 79.9. The van der Waals surface area contributed by atoms with Crippen molar-refractivity contribution in [3.8, 4) is 11.5 Å². The van der Waals surface area contributed by atoms with Crippen LogP contribution in [-0.2, 0) is 16.1 Å². The minimum absolute atomic E-state index is 0.0772. The van der Waals surface area contributed by atoms with Crippen LogP contribution in [0.2, 0.25) is 0 Å². The van der Waals surface area contributed by atoms with E-state index in [9.17, 15) is 14.9 Å². The monoisotopic (exact) mass is 357 g/mol. The third-order valence-electron chi connectivity index (χ3n) is 2.26. The van der Waals surface area contributed by atoms with Crippen molar-refractivity contribution < 1.29 is 24.0 Å². The first-order chi connectivity index (χ1) is 9.95. The fourth-order valence-electron chi connectivity index (χ4n) is 1.46. The Morgan fingerprint density at radius 2 is 2.19 bits per heavy atom. The Morgan fingerprint density at radius 3 is 2.86 bits per heavy atom. The molecule has 0 fully saturated rings. The summed E-state index contributed by atoms with van der Waals surface area (Å²) in [6, 6.07) is 4.22. The molecule has 21 heavy (non-hydrogen) atoms. The van der Waals surface area contributed by atoms with Crippen molar-refractivity contribution in [3.05, 3.63) is 38.7 Å². The van der Waals surface area contributed by atoms with E-state index >= 15 is 0 Å². The smallest absolute Gasteiger partial charge is 0.329 e. The molecular weight excluding hydrogens is 350 g/mol. The number of nitrogens with zero attached hydrogens (tertiary/aromatic N) is 3. The average molecular weight is 358 g/mol. The zero-order valence-corrected chi connectivity index (χ0v) is 11.9. The number of carboxylic acid groups (broad SMARTS) is 1. The van der Waals surface area contributed by atoms with Gasteiger partial charge in [0.25, 0.3) is 5.69 Å². The van der Waals surface area contributed by atoms with Gasteiger partial charge in [0.05, 0.1) is 4.92 Å². The molecule has 0 amide bonds. The molecule has 0 unspecified atom stereocenters. The van der Waals surface area contributed by atoms with Crippen LogP contribution in [0.15, 0.2) is 27.1 Å². The van der Waals surface area contributed by atoms with Gasteiger partial charge in [-0.2, -0.15) is 0 Å². The highest BCUT2D eigenvalue weighted by molar-refractivity contribution is 9.10. The number of aromatic nitrogens is 2. The van der Waals surface area contributed by atoms with Crippen LogP contribution in [0.4, 0.5) is 5.69 Å². The Bertz CT molecular complexity index is 686. The predicted octanol–water partition coefficient (Wildman–Crippen LogP) is 2.01. The normalized spacial score (nSPS) is 10.5. The minimum Gasteiger partial charge on any atom is -0.480 e. The van der Waals surface area contributed by atoms with Crippen LogP contribution in [0.5, 0.6) is 0 Å². The molecule has 110 valence electrons. The van der Waals surface area contributed by atoms with Gasteiger partial charge in [-0.05, 0) is 6.07 Å². The van der Waals surface area contributed by atoms with Gasteiger partial charge < -0.3 is 14.3 Å². The van der Waals surface area contributed by atoms with E-state index in [4.69, 9.17) is 14.3 Å². The molecule has 0 atom stereocenters. The first-order valence-corrected chi connectivity index (χ1v) is 6.32. The summed E-state index contributed by atoms with van der Waals surface area (Å²) >= 11 is 3.16. The lowest BCUT2D eigenvalue weighted by Gasteiger charge is -1.98. The fraction of sp³-hybridized carbons (Fsp3) is 0.182. The molecule has 0 aliphatic carbocycles. The summed E-state index contributed by atoms with van der Waals surface area (Å²) in [5.74, 6) is -0.959. The van der Waals surface area contributed by atoms with Gasteiger partial charge in [0.15, 0.2) is 0 Å². The summed E-state index contributed by atoms with van der Waals surface area (Å²) in [6.45, 7) is -0.643. The van der Waals surface area contributed by atoms with Crippen molar-refractivity contribution in [2.45, 2.75) is 6.61 Å². The van der Waals surface area contributed by atoms with Crippen molar-refractivity contribution in [2.75, 3.05) is 6.61 Å². The molecule has 10 heteroatoms. The van der Waals surface area contributed by atoms with E-state index in [1.807, 2.05) is 0 Å². The minimum atomic E-state index is -1.11. The molecule has 0 aliphatic heterocycles. The molecule has 9 nitrogen and oxygen atoms in total. The summed E-state index contributed by atoms with van der Waals surface area (Å²) in [6.07, 6.45) is 0.